The van der Waals surface area contributed by atoms with Gasteiger partial charge in [-0.15, -0.1) is 0 Å². The number of nitro groups is 1. The predicted octanol–water partition coefficient (Wildman–Crippen LogP) is 4.42. The van der Waals surface area contributed by atoms with Crippen LogP contribution in [-0.4, -0.2) is 21.6 Å². The van der Waals surface area contributed by atoms with E-state index in [1.54, 1.807) is 12.1 Å². The molecule has 1 N–H and O–H groups in total. The molecule has 1 amide bonds. The molecule has 0 atom stereocenters. The summed E-state index contributed by atoms with van der Waals surface area (Å²) in [6.45, 7) is 4.03. The normalized spacial score (nSPS) is 11.0. The minimum absolute atomic E-state index is 0.108. The van der Waals surface area contributed by atoms with Gasteiger partial charge in [-0.2, -0.15) is 5.10 Å². The van der Waals surface area contributed by atoms with E-state index in [-0.39, 0.29) is 5.69 Å². The highest BCUT2D eigenvalue weighted by molar-refractivity contribution is 6.33. The quantitative estimate of drug-likeness (QED) is 0.393. The van der Waals surface area contributed by atoms with E-state index in [2.05, 4.69) is 15.1 Å². The molecule has 0 radical (unpaired) electrons. The second kappa shape index (κ2) is 8.06. The van der Waals surface area contributed by atoms with E-state index in [9.17, 15) is 14.9 Å². The van der Waals surface area contributed by atoms with E-state index < -0.39 is 10.8 Å². The summed E-state index contributed by atoms with van der Waals surface area (Å²) in [5.74, 6) is -0.398. The van der Waals surface area contributed by atoms with Crippen LogP contribution in [-0.2, 0) is 0 Å². The Hall–Kier alpha value is -3.45. The zero-order valence-corrected chi connectivity index (χ0v) is 16.0. The Morgan fingerprint density at radius 1 is 1.11 bits per heavy atom. The lowest BCUT2D eigenvalue weighted by molar-refractivity contribution is -0.384. The second-order valence-electron chi connectivity index (χ2n) is 6.16. The van der Waals surface area contributed by atoms with Crippen LogP contribution in [0.15, 0.2) is 59.7 Å². The highest BCUT2D eigenvalue weighted by Crippen LogP contribution is 2.20. The molecule has 0 aliphatic rings. The van der Waals surface area contributed by atoms with Crippen molar-refractivity contribution in [2.45, 2.75) is 13.8 Å². The van der Waals surface area contributed by atoms with Gasteiger partial charge in [0.15, 0.2) is 0 Å². The van der Waals surface area contributed by atoms with Gasteiger partial charge >= 0.3 is 0 Å². The number of carbonyl (C=O) groups is 1. The fourth-order valence-corrected chi connectivity index (χ4v) is 2.97. The summed E-state index contributed by atoms with van der Waals surface area (Å²) in [7, 11) is 0. The highest BCUT2D eigenvalue weighted by Gasteiger charge is 2.09. The first-order valence-electron chi connectivity index (χ1n) is 8.39. The zero-order valence-electron chi connectivity index (χ0n) is 15.2. The molecule has 2 aromatic carbocycles. The average Bonchev–Trinajstić information content (AvgIpc) is 3.01. The summed E-state index contributed by atoms with van der Waals surface area (Å²) < 4.78 is 2.09. The minimum atomic E-state index is -0.526. The number of aryl methyl sites for hydroxylation is 2. The Morgan fingerprint density at radius 3 is 2.36 bits per heavy atom. The van der Waals surface area contributed by atoms with Gasteiger partial charge in [-0.1, -0.05) is 11.6 Å². The van der Waals surface area contributed by atoms with Crippen molar-refractivity contribution >= 4 is 29.4 Å². The number of non-ortho nitro benzene ring substituents is 1. The lowest BCUT2D eigenvalue weighted by Gasteiger charge is -2.10. The maximum atomic E-state index is 12.3. The van der Waals surface area contributed by atoms with Gasteiger partial charge in [-0.25, -0.2) is 5.43 Å². The number of nitro benzene ring substituents is 1. The van der Waals surface area contributed by atoms with E-state index in [0.717, 1.165) is 17.1 Å². The number of hydrazone groups is 1. The summed E-state index contributed by atoms with van der Waals surface area (Å²) in [6, 6.07) is 15.2. The molecule has 3 aromatic rings. The lowest BCUT2D eigenvalue weighted by atomic mass is 10.2. The monoisotopic (exact) mass is 396 g/mol. The molecule has 28 heavy (non-hydrogen) atoms. The van der Waals surface area contributed by atoms with Crippen LogP contribution in [0, 0.1) is 24.0 Å². The molecule has 0 fully saturated rings. The molecule has 0 aliphatic carbocycles. The Balaban J connectivity index is 1.71. The van der Waals surface area contributed by atoms with E-state index in [1.807, 2.05) is 38.1 Å². The lowest BCUT2D eigenvalue weighted by Crippen LogP contribution is -2.17. The van der Waals surface area contributed by atoms with Crippen LogP contribution < -0.4 is 5.43 Å². The molecule has 1 aromatic heterocycles. The maximum absolute atomic E-state index is 12.3. The number of carbonyl (C=O) groups excluding carboxylic acids is 1. The van der Waals surface area contributed by atoms with Gasteiger partial charge in [-0.05, 0) is 56.3 Å². The molecular weight excluding hydrogens is 380 g/mol. The molecule has 0 aliphatic heterocycles. The van der Waals surface area contributed by atoms with Gasteiger partial charge in [-0.3, -0.25) is 14.9 Å². The fourth-order valence-electron chi connectivity index (χ4n) is 2.81. The Bertz CT molecular complexity index is 1050. The molecule has 0 spiro atoms. The first kappa shape index (κ1) is 19.3. The number of aromatic nitrogens is 1. The third-order valence-electron chi connectivity index (χ3n) is 4.22. The maximum Gasteiger partial charge on any atom is 0.271 e. The number of nitrogens with one attached hydrogen (secondary N) is 1. The fraction of sp³-hybridized carbons (Fsp3) is 0.100. The molecular formula is C20H17ClN4O3. The molecule has 3 rings (SSSR count). The summed E-state index contributed by atoms with van der Waals surface area (Å²) in [6.07, 6.45) is 1.27. The summed E-state index contributed by atoms with van der Waals surface area (Å²) >= 11 is 6.00. The van der Waals surface area contributed by atoms with Crippen LogP contribution in [0.3, 0.4) is 0 Å². The van der Waals surface area contributed by atoms with Gasteiger partial charge in [0.1, 0.15) is 0 Å². The number of hydrogen-bond donors (Lipinski definition) is 1. The van der Waals surface area contributed by atoms with Gasteiger partial charge in [0.25, 0.3) is 11.6 Å². The Morgan fingerprint density at radius 2 is 1.75 bits per heavy atom. The first-order chi connectivity index (χ1) is 13.4. The number of nitrogens with zero attached hydrogens (tertiary/aromatic N) is 3. The van der Waals surface area contributed by atoms with Crippen molar-refractivity contribution in [1.29, 1.82) is 0 Å². The van der Waals surface area contributed by atoms with E-state index in [4.69, 9.17) is 11.6 Å². The summed E-state index contributed by atoms with van der Waals surface area (Å²) in [5, 5.41) is 15.0. The second-order valence-corrected chi connectivity index (χ2v) is 6.57. The highest BCUT2D eigenvalue weighted by atomic mass is 35.5. The number of hydrogen-bond acceptors (Lipinski definition) is 4. The summed E-state index contributed by atoms with van der Waals surface area (Å²) in [4.78, 5) is 22.6. The molecule has 142 valence electrons. The van der Waals surface area contributed by atoms with Crippen molar-refractivity contribution < 1.29 is 9.72 Å². The van der Waals surface area contributed by atoms with Crippen LogP contribution in [0.1, 0.15) is 27.3 Å². The third kappa shape index (κ3) is 4.10. The molecule has 8 heteroatoms. The van der Waals surface area contributed by atoms with Gasteiger partial charge in [0.05, 0.1) is 11.1 Å². The SMILES string of the molecule is Cc1ccc(C)n1-c1ccc(C(=O)NN=Cc2cc([N+](=O)[O-])ccc2Cl)cc1. The van der Waals surface area contributed by atoms with Crippen molar-refractivity contribution in [3.63, 3.8) is 0 Å². The molecule has 0 saturated heterocycles. The van der Waals surface area contributed by atoms with E-state index >= 15 is 0 Å². The van der Waals surface area contributed by atoms with Crippen molar-refractivity contribution in [3.8, 4) is 5.69 Å². The zero-order chi connectivity index (χ0) is 20.3. The molecule has 0 bridgehead atoms. The largest absolute Gasteiger partial charge is 0.319 e. The minimum Gasteiger partial charge on any atom is -0.319 e. The van der Waals surface area contributed by atoms with Gasteiger partial charge in [0.2, 0.25) is 0 Å². The topological polar surface area (TPSA) is 89.5 Å². The Labute approximate surface area is 166 Å². The van der Waals surface area contributed by atoms with Crippen LogP contribution in [0.5, 0.6) is 0 Å². The van der Waals surface area contributed by atoms with Crippen LogP contribution in [0.25, 0.3) is 5.69 Å². The smallest absolute Gasteiger partial charge is 0.271 e. The van der Waals surface area contributed by atoms with Crippen molar-refractivity contribution in [2.75, 3.05) is 0 Å². The standard InChI is InChI=1S/C20H17ClN4O3/c1-13-3-4-14(2)24(13)17-7-5-15(6-8-17)20(26)23-22-12-16-11-18(25(27)28)9-10-19(16)21/h3-12H,1-2H3,(H,23,26). The number of rotatable bonds is 5. The van der Waals surface area contributed by atoms with Gasteiger partial charge in [0, 0.05) is 45.4 Å². The molecule has 1 heterocycles. The van der Waals surface area contributed by atoms with Crippen molar-refractivity contribution in [1.82, 2.24) is 9.99 Å². The third-order valence-corrected chi connectivity index (χ3v) is 4.56. The number of halogens is 1. The number of benzene rings is 2. The first-order valence-corrected chi connectivity index (χ1v) is 8.77. The average molecular weight is 397 g/mol. The van der Waals surface area contributed by atoms with Crippen LogP contribution in [0.4, 0.5) is 5.69 Å². The summed E-state index contributed by atoms with van der Waals surface area (Å²) in [5.41, 5.74) is 6.24. The van der Waals surface area contributed by atoms with Crippen LogP contribution >= 0.6 is 11.6 Å². The molecule has 7 nitrogen and oxygen atoms in total. The number of amides is 1. The van der Waals surface area contributed by atoms with Crippen molar-refractivity contribution in [3.05, 3.63) is 92.2 Å². The molecule has 0 saturated carbocycles. The predicted molar refractivity (Wildman–Crippen MR) is 108 cm³/mol. The van der Waals surface area contributed by atoms with Gasteiger partial charge < -0.3 is 4.57 Å². The van der Waals surface area contributed by atoms with Crippen LogP contribution in [0.2, 0.25) is 5.02 Å². The van der Waals surface area contributed by atoms with E-state index in [0.29, 0.717) is 16.1 Å². The Kier molecular flexibility index (Phi) is 5.56. The molecule has 0 unspecified atom stereocenters. The van der Waals surface area contributed by atoms with Crippen molar-refractivity contribution in [2.24, 2.45) is 5.10 Å². The van der Waals surface area contributed by atoms with E-state index in [1.165, 1.54) is 24.4 Å².